The third-order valence-corrected chi connectivity index (χ3v) is 5.56. The average Bonchev–Trinajstić information content (AvgIpc) is 3.39. The van der Waals surface area contributed by atoms with E-state index >= 15 is 0 Å². The first-order valence-electron chi connectivity index (χ1n) is 9.81. The number of halogens is 2. The first-order valence-corrected chi connectivity index (χ1v) is 9.81. The van der Waals surface area contributed by atoms with E-state index in [1.165, 1.54) is 18.9 Å². The number of aromatic nitrogens is 3. The second kappa shape index (κ2) is 7.74. The third-order valence-electron chi connectivity index (χ3n) is 5.56. The van der Waals surface area contributed by atoms with Crippen molar-refractivity contribution in [2.45, 2.75) is 57.3 Å². The van der Waals surface area contributed by atoms with Gasteiger partial charge < -0.3 is 4.90 Å². The number of hydrogen-bond acceptors (Lipinski definition) is 3. The molecule has 1 saturated carbocycles. The Labute approximate surface area is 157 Å². The molecule has 1 aliphatic heterocycles. The molecule has 0 bridgehead atoms. The van der Waals surface area contributed by atoms with Gasteiger partial charge in [-0.15, -0.1) is 0 Å². The molecule has 0 radical (unpaired) electrons. The molecule has 2 aliphatic rings. The van der Waals surface area contributed by atoms with Gasteiger partial charge in [-0.1, -0.05) is 12.8 Å². The number of benzene rings is 1. The van der Waals surface area contributed by atoms with Crippen molar-refractivity contribution in [3.05, 3.63) is 41.5 Å². The van der Waals surface area contributed by atoms with Gasteiger partial charge in [0.1, 0.15) is 5.82 Å². The Morgan fingerprint density at radius 2 is 1.93 bits per heavy atom. The van der Waals surface area contributed by atoms with Crippen LogP contribution in [0.5, 0.6) is 0 Å². The van der Waals surface area contributed by atoms with Crippen molar-refractivity contribution in [3.8, 4) is 5.69 Å². The lowest BCUT2D eigenvalue weighted by atomic mass is 10.1. The fourth-order valence-corrected chi connectivity index (χ4v) is 4.07. The molecular weight excluding hydrogens is 350 g/mol. The van der Waals surface area contributed by atoms with Crippen LogP contribution in [0.15, 0.2) is 18.2 Å². The van der Waals surface area contributed by atoms with Gasteiger partial charge in [-0.2, -0.15) is 5.10 Å². The highest BCUT2D eigenvalue weighted by Gasteiger charge is 2.24. The molecule has 2 heterocycles. The molecule has 0 N–H and O–H groups in total. The van der Waals surface area contributed by atoms with Crippen molar-refractivity contribution >= 4 is 5.91 Å². The number of rotatable bonds is 6. The molecule has 2 fully saturated rings. The summed E-state index contributed by atoms with van der Waals surface area (Å²) >= 11 is 0. The Morgan fingerprint density at radius 3 is 2.63 bits per heavy atom. The highest BCUT2D eigenvalue weighted by atomic mass is 19.2. The summed E-state index contributed by atoms with van der Waals surface area (Å²) in [6.07, 6.45) is 7.48. The Bertz CT molecular complexity index is 829. The molecule has 0 unspecified atom stereocenters. The third kappa shape index (κ3) is 3.87. The molecule has 1 amide bonds. The first kappa shape index (κ1) is 18.1. The van der Waals surface area contributed by atoms with E-state index in [9.17, 15) is 13.6 Å². The van der Waals surface area contributed by atoms with Crippen LogP contribution in [0.3, 0.4) is 0 Å². The zero-order valence-corrected chi connectivity index (χ0v) is 15.3. The zero-order valence-electron chi connectivity index (χ0n) is 15.3. The highest BCUT2D eigenvalue weighted by Crippen LogP contribution is 2.32. The molecule has 0 spiro atoms. The van der Waals surface area contributed by atoms with Crippen LogP contribution in [0.4, 0.5) is 8.78 Å². The number of nitrogens with zero attached hydrogens (tertiary/aromatic N) is 4. The summed E-state index contributed by atoms with van der Waals surface area (Å²) in [7, 11) is 0. The number of carbonyl (C=O) groups is 1. The van der Waals surface area contributed by atoms with Crippen molar-refractivity contribution in [3.63, 3.8) is 0 Å². The maximum atomic E-state index is 13.7. The van der Waals surface area contributed by atoms with E-state index in [1.54, 1.807) is 4.68 Å². The van der Waals surface area contributed by atoms with Crippen molar-refractivity contribution < 1.29 is 13.6 Å². The van der Waals surface area contributed by atoms with Crippen molar-refractivity contribution in [1.82, 2.24) is 19.7 Å². The summed E-state index contributed by atoms with van der Waals surface area (Å²) in [5, 5.41) is 4.63. The fourth-order valence-electron chi connectivity index (χ4n) is 4.07. The van der Waals surface area contributed by atoms with E-state index in [0.29, 0.717) is 31.0 Å². The predicted octanol–water partition coefficient (Wildman–Crippen LogP) is 3.76. The quantitative estimate of drug-likeness (QED) is 0.774. The van der Waals surface area contributed by atoms with Gasteiger partial charge in [-0.3, -0.25) is 4.79 Å². The minimum atomic E-state index is -0.890. The van der Waals surface area contributed by atoms with Gasteiger partial charge in [-0.05, 0) is 37.8 Å². The van der Waals surface area contributed by atoms with Crippen molar-refractivity contribution in [2.24, 2.45) is 0 Å². The van der Waals surface area contributed by atoms with Gasteiger partial charge in [0.05, 0.1) is 5.69 Å². The first-order chi connectivity index (χ1) is 13.1. The highest BCUT2D eigenvalue weighted by molar-refractivity contribution is 5.77. The van der Waals surface area contributed by atoms with E-state index in [1.807, 2.05) is 4.90 Å². The maximum absolute atomic E-state index is 13.7. The van der Waals surface area contributed by atoms with Crippen LogP contribution in [0.25, 0.3) is 5.69 Å². The number of likely N-dealkylation sites (tertiary alicyclic amines) is 1. The molecule has 4 rings (SSSR count). The Balaban J connectivity index is 1.55. The summed E-state index contributed by atoms with van der Waals surface area (Å²) in [4.78, 5) is 18.4. The topological polar surface area (TPSA) is 51.0 Å². The molecule has 5 nitrogen and oxygen atoms in total. The van der Waals surface area contributed by atoms with Crippen LogP contribution >= 0.6 is 0 Å². The normalized spacial score (nSPS) is 18.0. The smallest absolute Gasteiger partial charge is 0.222 e. The summed E-state index contributed by atoms with van der Waals surface area (Å²) in [6, 6.07) is 3.81. The largest absolute Gasteiger partial charge is 0.343 e. The second-order valence-corrected chi connectivity index (χ2v) is 7.47. The van der Waals surface area contributed by atoms with Crippen LogP contribution in [0.1, 0.15) is 62.5 Å². The zero-order chi connectivity index (χ0) is 18.8. The molecule has 2 aromatic rings. The van der Waals surface area contributed by atoms with E-state index in [-0.39, 0.29) is 5.91 Å². The molecule has 0 atom stereocenters. The summed E-state index contributed by atoms with van der Waals surface area (Å²) in [6.45, 7) is 1.52. The van der Waals surface area contributed by atoms with E-state index in [2.05, 4.69) is 5.10 Å². The second-order valence-electron chi connectivity index (χ2n) is 7.47. The molecule has 1 saturated heterocycles. The number of hydrogen-bond donors (Lipinski definition) is 0. The van der Waals surface area contributed by atoms with Gasteiger partial charge in [0.15, 0.2) is 17.5 Å². The molecule has 1 aromatic carbocycles. The van der Waals surface area contributed by atoms with Gasteiger partial charge in [-0.25, -0.2) is 18.4 Å². The van der Waals surface area contributed by atoms with Gasteiger partial charge >= 0.3 is 0 Å². The van der Waals surface area contributed by atoms with Gasteiger partial charge in [0.25, 0.3) is 0 Å². The minimum absolute atomic E-state index is 0.212. The predicted molar refractivity (Wildman–Crippen MR) is 96.6 cm³/mol. The van der Waals surface area contributed by atoms with Crippen LogP contribution in [-0.2, 0) is 11.2 Å². The molecule has 1 aliphatic carbocycles. The van der Waals surface area contributed by atoms with Crippen LogP contribution in [0, 0.1) is 11.6 Å². The van der Waals surface area contributed by atoms with Gasteiger partial charge in [0, 0.05) is 37.9 Å². The Morgan fingerprint density at radius 1 is 1.11 bits per heavy atom. The number of carbonyl (C=O) groups excluding carboxylic acids is 1. The van der Waals surface area contributed by atoms with Crippen LogP contribution in [0.2, 0.25) is 0 Å². The van der Waals surface area contributed by atoms with E-state index in [0.717, 1.165) is 56.0 Å². The molecule has 27 heavy (non-hydrogen) atoms. The van der Waals surface area contributed by atoms with Crippen molar-refractivity contribution in [1.29, 1.82) is 0 Å². The molecule has 144 valence electrons. The SMILES string of the molecule is O=C1CCCN1CCCc1nc(C2CCCC2)nn1-c1ccc(F)c(F)c1. The summed E-state index contributed by atoms with van der Waals surface area (Å²) in [5.74, 6) is 0.334. The Kier molecular flexibility index (Phi) is 5.18. The lowest BCUT2D eigenvalue weighted by Gasteiger charge is -2.15. The summed E-state index contributed by atoms with van der Waals surface area (Å²) in [5.41, 5.74) is 0.484. The van der Waals surface area contributed by atoms with E-state index in [4.69, 9.17) is 4.98 Å². The standard InChI is InChI=1S/C20H24F2N4O/c21-16-10-9-15(13-17(16)22)26-18(7-3-11-25-12-4-8-19(25)27)23-20(24-26)14-5-1-2-6-14/h9-10,13-14H,1-8,11-12H2. The van der Waals surface area contributed by atoms with Gasteiger partial charge in [0.2, 0.25) is 5.91 Å². The van der Waals surface area contributed by atoms with Crippen molar-refractivity contribution in [2.75, 3.05) is 13.1 Å². The van der Waals surface area contributed by atoms with Crippen LogP contribution < -0.4 is 0 Å². The average molecular weight is 374 g/mol. The lowest BCUT2D eigenvalue weighted by molar-refractivity contribution is -0.127. The summed E-state index contributed by atoms with van der Waals surface area (Å²) < 4.78 is 28.7. The number of amides is 1. The Hall–Kier alpha value is -2.31. The molecule has 1 aromatic heterocycles. The minimum Gasteiger partial charge on any atom is -0.343 e. The maximum Gasteiger partial charge on any atom is 0.222 e. The lowest BCUT2D eigenvalue weighted by Crippen LogP contribution is -2.26. The number of aryl methyl sites for hydroxylation is 1. The van der Waals surface area contributed by atoms with E-state index < -0.39 is 11.6 Å². The molecular formula is C20H24F2N4O. The fraction of sp³-hybridized carbons (Fsp3) is 0.550. The van der Waals surface area contributed by atoms with Crippen LogP contribution in [-0.4, -0.2) is 38.7 Å². The monoisotopic (exact) mass is 374 g/mol. The molecule has 7 heteroatoms.